The van der Waals surface area contributed by atoms with Gasteiger partial charge in [-0.2, -0.15) is 13.2 Å². The third kappa shape index (κ3) is 4.89. The lowest BCUT2D eigenvalue weighted by atomic mass is 9.95. The summed E-state index contributed by atoms with van der Waals surface area (Å²) in [5, 5.41) is 0. The summed E-state index contributed by atoms with van der Waals surface area (Å²) in [6, 6.07) is 9.28. The van der Waals surface area contributed by atoms with E-state index in [0.29, 0.717) is 13.1 Å². The zero-order valence-corrected chi connectivity index (χ0v) is 12.2. The Labute approximate surface area is 127 Å². The van der Waals surface area contributed by atoms with Crippen LogP contribution in [0.4, 0.5) is 13.2 Å². The number of halogens is 4. The Morgan fingerprint density at radius 2 is 1.86 bits per heavy atom. The monoisotopic (exact) mass is 322 g/mol. The van der Waals surface area contributed by atoms with Crippen LogP contribution in [0.25, 0.3) is 0 Å². The Kier molecular flexibility index (Phi) is 6.04. The molecule has 0 radical (unpaired) electrons. The lowest BCUT2D eigenvalue weighted by Gasteiger charge is -2.17. The quantitative estimate of drug-likeness (QED) is 0.930. The summed E-state index contributed by atoms with van der Waals surface area (Å²) in [4.78, 5) is 13.2. The third-order valence-corrected chi connectivity index (χ3v) is 3.57. The highest BCUT2D eigenvalue weighted by molar-refractivity contribution is 5.85. The predicted octanol–water partition coefficient (Wildman–Crippen LogP) is 2.70. The average Bonchev–Trinajstić information content (AvgIpc) is 2.78. The SMILES string of the molecule is Cl.N[C@@H]1CN(C(=O)CCC(F)(F)F)C[C@H]1c1ccccc1. The summed E-state index contributed by atoms with van der Waals surface area (Å²) < 4.78 is 36.4. The number of hydrogen-bond acceptors (Lipinski definition) is 2. The second kappa shape index (κ2) is 7.13. The fraction of sp³-hybridized carbons (Fsp3) is 0.500. The smallest absolute Gasteiger partial charge is 0.340 e. The first kappa shape index (κ1) is 17.8. The summed E-state index contributed by atoms with van der Waals surface area (Å²) in [6.45, 7) is 0.706. The van der Waals surface area contributed by atoms with Gasteiger partial charge in [-0.1, -0.05) is 30.3 Å². The van der Waals surface area contributed by atoms with Crippen molar-refractivity contribution in [3.05, 3.63) is 35.9 Å². The zero-order valence-electron chi connectivity index (χ0n) is 11.3. The van der Waals surface area contributed by atoms with Crippen LogP contribution in [0, 0.1) is 0 Å². The molecule has 2 atom stereocenters. The van der Waals surface area contributed by atoms with Crippen molar-refractivity contribution >= 4 is 18.3 Å². The molecule has 0 spiro atoms. The molecule has 2 N–H and O–H groups in total. The topological polar surface area (TPSA) is 46.3 Å². The van der Waals surface area contributed by atoms with E-state index in [2.05, 4.69) is 0 Å². The molecule has 2 rings (SSSR count). The lowest BCUT2D eigenvalue weighted by molar-refractivity contribution is -0.148. The molecule has 0 bridgehead atoms. The minimum atomic E-state index is -4.30. The molecule has 1 saturated heterocycles. The summed E-state index contributed by atoms with van der Waals surface area (Å²) in [6.07, 6.45) is -5.87. The molecule has 0 saturated carbocycles. The first-order chi connectivity index (χ1) is 9.37. The van der Waals surface area contributed by atoms with E-state index < -0.39 is 24.9 Å². The lowest BCUT2D eigenvalue weighted by Crippen LogP contribution is -2.32. The van der Waals surface area contributed by atoms with Gasteiger partial charge in [0.05, 0.1) is 6.42 Å². The number of likely N-dealkylation sites (tertiary alicyclic amines) is 1. The molecule has 1 aliphatic rings. The van der Waals surface area contributed by atoms with Gasteiger partial charge in [0.1, 0.15) is 0 Å². The van der Waals surface area contributed by atoms with Crippen molar-refractivity contribution in [2.45, 2.75) is 31.0 Å². The van der Waals surface area contributed by atoms with Crippen molar-refractivity contribution in [3.63, 3.8) is 0 Å². The zero-order chi connectivity index (χ0) is 14.8. The third-order valence-electron chi connectivity index (χ3n) is 3.57. The number of amides is 1. The molecule has 21 heavy (non-hydrogen) atoms. The number of carbonyl (C=O) groups is 1. The Hall–Kier alpha value is -1.27. The summed E-state index contributed by atoms with van der Waals surface area (Å²) in [7, 11) is 0. The van der Waals surface area contributed by atoms with Gasteiger partial charge in [0.2, 0.25) is 5.91 Å². The molecule has 0 aliphatic carbocycles. The van der Waals surface area contributed by atoms with Gasteiger partial charge in [-0.3, -0.25) is 4.79 Å². The van der Waals surface area contributed by atoms with Crippen LogP contribution in [0.2, 0.25) is 0 Å². The fourth-order valence-corrected chi connectivity index (χ4v) is 2.49. The van der Waals surface area contributed by atoms with E-state index in [1.165, 1.54) is 4.90 Å². The van der Waals surface area contributed by atoms with Gasteiger partial charge in [-0.25, -0.2) is 0 Å². The molecule has 0 aromatic heterocycles. The molecule has 1 aromatic rings. The minimum absolute atomic E-state index is 0. The van der Waals surface area contributed by atoms with Crippen LogP contribution in [-0.2, 0) is 4.79 Å². The van der Waals surface area contributed by atoms with Crippen molar-refractivity contribution in [3.8, 4) is 0 Å². The molecule has 0 unspecified atom stereocenters. The summed E-state index contributed by atoms with van der Waals surface area (Å²) in [5.41, 5.74) is 7.02. The fourth-order valence-electron chi connectivity index (χ4n) is 2.49. The van der Waals surface area contributed by atoms with Crippen molar-refractivity contribution < 1.29 is 18.0 Å². The number of alkyl halides is 3. The first-order valence-corrected chi connectivity index (χ1v) is 6.52. The van der Waals surface area contributed by atoms with E-state index in [0.717, 1.165) is 5.56 Å². The van der Waals surface area contributed by atoms with Crippen molar-refractivity contribution in [1.29, 1.82) is 0 Å². The number of nitrogens with two attached hydrogens (primary N) is 1. The van der Waals surface area contributed by atoms with Crippen LogP contribution < -0.4 is 5.73 Å². The number of hydrogen-bond donors (Lipinski definition) is 1. The van der Waals surface area contributed by atoms with Crippen LogP contribution in [0.15, 0.2) is 30.3 Å². The van der Waals surface area contributed by atoms with E-state index in [1.54, 1.807) is 0 Å². The van der Waals surface area contributed by atoms with E-state index >= 15 is 0 Å². The Balaban J connectivity index is 0.00000220. The van der Waals surface area contributed by atoms with Crippen molar-refractivity contribution in [1.82, 2.24) is 4.90 Å². The Morgan fingerprint density at radius 3 is 2.43 bits per heavy atom. The van der Waals surface area contributed by atoms with E-state index in [4.69, 9.17) is 5.73 Å². The number of nitrogens with zero attached hydrogens (tertiary/aromatic N) is 1. The predicted molar refractivity (Wildman–Crippen MR) is 76.3 cm³/mol. The molecule has 3 nitrogen and oxygen atoms in total. The molecule has 7 heteroatoms. The van der Waals surface area contributed by atoms with Crippen molar-refractivity contribution in [2.75, 3.05) is 13.1 Å². The highest BCUT2D eigenvalue weighted by Gasteiger charge is 2.35. The van der Waals surface area contributed by atoms with Gasteiger partial charge in [-0.05, 0) is 5.56 Å². The van der Waals surface area contributed by atoms with Crippen LogP contribution in [0.1, 0.15) is 24.3 Å². The molecular weight excluding hydrogens is 305 g/mol. The average molecular weight is 323 g/mol. The molecule has 118 valence electrons. The van der Waals surface area contributed by atoms with E-state index in [9.17, 15) is 18.0 Å². The maximum atomic E-state index is 12.1. The van der Waals surface area contributed by atoms with Gasteiger partial charge >= 0.3 is 6.18 Å². The molecule has 1 aromatic carbocycles. The van der Waals surface area contributed by atoms with E-state index in [1.807, 2.05) is 30.3 Å². The maximum Gasteiger partial charge on any atom is 0.389 e. The van der Waals surface area contributed by atoms with Gasteiger partial charge in [-0.15, -0.1) is 12.4 Å². The maximum absolute atomic E-state index is 12.1. The summed E-state index contributed by atoms with van der Waals surface area (Å²) in [5.74, 6) is -0.484. The molecule has 1 aliphatic heterocycles. The second-order valence-electron chi connectivity index (χ2n) is 5.09. The highest BCUT2D eigenvalue weighted by atomic mass is 35.5. The number of rotatable bonds is 3. The second-order valence-corrected chi connectivity index (χ2v) is 5.09. The number of carbonyl (C=O) groups excluding carboxylic acids is 1. The highest BCUT2D eigenvalue weighted by Crippen LogP contribution is 2.28. The van der Waals surface area contributed by atoms with Gasteiger partial charge in [0.15, 0.2) is 0 Å². The number of benzene rings is 1. The van der Waals surface area contributed by atoms with Crippen LogP contribution >= 0.6 is 12.4 Å². The van der Waals surface area contributed by atoms with Gasteiger partial charge < -0.3 is 10.6 Å². The minimum Gasteiger partial charge on any atom is -0.340 e. The Morgan fingerprint density at radius 1 is 1.24 bits per heavy atom. The molecular formula is C14H18ClF3N2O. The van der Waals surface area contributed by atoms with Gasteiger partial charge in [0.25, 0.3) is 0 Å². The normalized spacial score (nSPS) is 22.0. The van der Waals surface area contributed by atoms with Gasteiger partial charge in [0, 0.05) is 31.5 Å². The van der Waals surface area contributed by atoms with Crippen LogP contribution in [0.5, 0.6) is 0 Å². The molecule has 1 heterocycles. The Bertz CT molecular complexity index is 467. The summed E-state index contributed by atoms with van der Waals surface area (Å²) >= 11 is 0. The van der Waals surface area contributed by atoms with E-state index in [-0.39, 0.29) is 24.4 Å². The first-order valence-electron chi connectivity index (χ1n) is 6.52. The van der Waals surface area contributed by atoms with Crippen molar-refractivity contribution in [2.24, 2.45) is 5.73 Å². The van der Waals surface area contributed by atoms with Crippen LogP contribution in [-0.4, -0.2) is 36.1 Å². The van der Waals surface area contributed by atoms with Crippen LogP contribution in [0.3, 0.4) is 0 Å². The molecule has 1 amide bonds. The molecule has 1 fully saturated rings. The largest absolute Gasteiger partial charge is 0.389 e. The standard InChI is InChI=1S/C14H17F3N2O.ClH/c15-14(16,17)7-6-13(20)19-8-11(12(18)9-19)10-4-2-1-3-5-10;/h1-5,11-12H,6-9,18H2;1H/t11-,12+;/m0./s1.